The smallest absolute Gasteiger partial charge is 0.258 e. The molecule has 4 aliphatic carbocycles. The van der Waals surface area contributed by atoms with Gasteiger partial charge in [-0.2, -0.15) is 0 Å². The molecule has 2 aromatic rings. The number of rotatable bonds is 8. The molecular weight excluding hydrogens is 452 g/mol. The van der Waals surface area contributed by atoms with Gasteiger partial charge in [0.25, 0.3) is 5.91 Å². The lowest BCUT2D eigenvalue weighted by atomic mass is 9.53. The molecule has 1 heterocycles. The molecule has 0 spiro atoms. The second-order valence-corrected chi connectivity index (χ2v) is 12.7. The Morgan fingerprint density at radius 3 is 2.42 bits per heavy atom. The monoisotopic (exact) mass is 484 g/mol. The van der Waals surface area contributed by atoms with E-state index in [0.717, 1.165) is 53.3 Å². The average molecular weight is 485 g/mol. The van der Waals surface area contributed by atoms with Crippen LogP contribution >= 0.6 is 23.1 Å². The second kappa shape index (κ2) is 9.37. The quantitative estimate of drug-likeness (QED) is 0.505. The number of carbonyl (C=O) groups excluding carboxylic acids is 2. The van der Waals surface area contributed by atoms with E-state index in [0.29, 0.717) is 22.4 Å². The molecule has 1 aromatic heterocycles. The molecule has 0 radical (unpaired) electrons. The van der Waals surface area contributed by atoms with E-state index in [4.69, 9.17) is 0 Å². The minimum Gasteiger partial charge on any atom is -0.350 e. The highest BCUT2D eigenvalue weighted by Crippen LogP contribution is 2.55. The van der Waals surface area contributed by atoms with Crippen LogP contribution in [0.15, 0.2) is 29.2 Å². The number of thioether (sulfide) groups is 1. The van der Waals surface area contributed by atoms with E-state index in [1.165, 1.54) is 42.4 Å². The van der Waals surface area contributed by atoms with Crippen molar-refractivity contribution in [1.29, 1.82) is 0 Å². The Morgan fingerprint density at radius 2 is 1.76 bits per heavy atom. The first-order chi connectivity index (χ1) is 15.9. The summed E-state index contributed by atoms with van der Waals surface area (Å²) in [5.74, 6) is 3.08. The standard InChI is InChI=1S/C25H32N4O2S2/c1-15(2)7-22-28-29-24(33-22)26-23(31)19-5-3-4-6-20(19)32-14-21(30)27-25-11-16-8-17(12-25)10-18(9-16)13-25/h3-6,15-18H,7-14H2,1-2H3,(H,27,30)(H,26,29,31). The topological polar surface area (TPSA) is 84.0 Å². The Balaban J connectivity index is 1.19. The number of aromatic nitrogens is 2. The summed E-state index contributed by atoms with van der Waals surface area (Å²) in [7, 11) is 0. The van der Waals surface area contributed by atoms with Crippen molar-refractivity contribution in [3.05, 3.63) is 34.8 Å². The molecule has 4 saturated carbocycles. The Labute approximate surface area is 203 Å². The maximum atomic E-state index is 12.9. The number of hydrogen-bond donors (Lipinski definition) is 2. The second-order valence-electron chi connectivity index (χ2n) is 10.6. The van der Waals surface area contributed by atoms with E-state index < -0.39 is 0 Å². The Kier molecular flexibility index (Phi) is 6.49. The van der Waals surface area contributed by atoms with Crippen LogP contribution in [-0.4, -0.2) is 33.3 Å². The zero-order valence-electron chi connectivity index (χ0n) is 19.3. The molecule has 4 fully saturated rings. The van der Waals surface area contributed by atoms with Gasteiger partial charge in [0, 0.05) is 16.9 Å². The van der Waals surface area contributed by atoms with Crippen LogP contribution in [0.4, 0.5) is 5.13 Å². The van der Waals surface area contributed by atoms with Crippen LogP contribution in [0.1, 0.15) is 67.7 Å². The van der Waals surface area contributed by atoms with Gasteiger partial charge < -0.3 is 5.32 Å². The zero-order chi connectivity index (χ0) is 23.0. The number of nitrogens with zero attached hydrogens (tertiary/aromatic N) is 2. The summed E-state index contributed by atoms with van der Waals surface area (Å²) in [5.41, 5.74) is 0.583. The highest BCUT2D eigenvalue weighted by Gasteiger charge is 2.51. The van der Waals surface area contributed by atoms with Gasteiger partial charge in [0.1, 0.15) is 5.01 Å². The van der Waals surface area contributed by atoms with Crippen molar-refractivity contribution in [3.63, 3.8) is 0 Å². The summed E-state index contributed by atoms with van der Waals surface area (Å²) in [6, 6.07) is 7.45. The summed E-state index contributed by atoms with van der Waals surface area (Å²) in [5, 5.41) is 16.0. The number of carbonyl (C=O) groups is 2. The van der Waals surface area contributed by atoms with Gasteiger partial charge in [-0.05, 0) is 74.3 Å². The summed E-state index contributed by atoms with van der Waals surface area (Å²) in [6.45, 7) is 4.26. The normalized spacial score (nSPS) is 27.7. The summed E-state index contributed by atoms with van der Waals surface area (Å²) in [4.78, 5) is 26.6. The van der Waals surface area contributed by atoms with Crippen LogP contribution in [0, 0.1) is 23.7 Å². The SMILES string of the molecule is CC(C)Cc1nnc(NC(=O)c2ccccc2SCC(=O)NC23CC4CC(CC(C4)C2)C3)s1. The van der Waals surface area contributed by atoms with Crippen LogP contribution in [0.5, 0.6) is 0 Å². The highest BCUT2D eigenvalue weighted by molar-refractivity contribution is 8.00. The van der Waals surface area contributed by atoms with E-state index in [1.807, 2.05) is 18.2 Å². The van der Waals surface area contributed by atoms with Crippen LogP contribution in [0.3, 0.4) is 0 Å². The van der Waals surface area contributed by atoms with Gasteiger partial charge in [0.15, 0.2) is 0 Å². The van der Waals surface area contributed by atoms with Crippen LogP contribution in [0.25, 0.3) is 0 Å². The largest absolute Gasteiger partial charge is 0.350 e. The Bertz CT molecular complexity index is 1000. The van der Waals surface area contributed by atoms with Gasteiger partial charge in [-0.25, -0.2) is 0 Å². The van der Waals surface area contributed by atoms with Crippen molar-refractivity contribution < 1.29 is 9.59 Å². The first-order valence-electron chi connectivity index (χ1n) is 12.0. The van der Waals surface area contributed by atoms with Crippen LogP contribution in [0.2, 0.25) is 0 Å². The van der Waals surface area contributed by atoms with Gasteiger partial charge in [-0.1, -0.05) is 37.3 Å². The number of benzene rings is 1. The molecule has 2 amide bonds. The molecular formula is C25H32N4O2S2. The van der Waals surface area contributed by atoms with Gasteiger partial charge in [0.2, 0.25) is 11.0 Å². The molecule has 4 aliphatic rings. The molecule has 33 heavy (non-hydrogen) atoms. The van der Waals surface area contributed by atoms with Gasteiger partial charge in [-0.3, -0.25) is 14.9 Å². The molecule has 176 valence electrons. The fraction of sp³-hybridized carbons (Fsp3) is 0.600. The van der Waals surface area contributed by atoms with Crippen molar-refractivity contribution in [2.45, 2.75) is 69.2 Å². The Hall–Kier alpha value is -1.93. The third-order valence-electron chi connectivity index (χ3n) is 7.20. The summed E-state index contributed by atoms with van der Waals surface area (Å²) < 4.78 is 0. The third kappa shape index (κ3) is 5.27. The lowest BCUT2D eigenvalue weighted by Crippen LogP contribution is -2.60. The molecule has 0 aliphatic heterocycles. The molecule has 0 atom stereocenters. The Morgan fingerprint density at radius 1 is 1.09 bits per heavy atom. The van der Waals surface area contributed by atoms with Crippen molar-refractivity contribution >= 4 is 40.0 Å². The number of anilines is 1. The molecule has 6 rings (SSSR count). The van der Waals surface area contributed by atoms with Gasteiger partial charge >= 0.3 is 0 Å². The fourth-order valence-electron chi connectivity index (χ4n) is 6.42. The van der Waals surface area contributed by atoms with E-state index >= 15 is 0 Å². The molecule has 0 saturated heterocycles. The van der Waals surface area contributed by atoms with Crippen LogP contribution < -0.4 is 10.6 Å². The predicted molar refractivity (Wildman–Crippen MR) is 133 cm³/mol. The van der Waals surface area contributed by atoms with Crippen molar-refractivity contribution in [1.82, 2.24) is 15.5 Å². The highest BCUT2D eigenvalue weighted by atomic mass is 32.2. The zero-order valence-corrected chi connectivity index (χ0v) is 20.9. The first kappa shape index (κ1) is 22.8. The maximum absolute atomic E-state index is 12.9. The van der Waals surface area contributed by atoms with Crippen molar-refractivity contribution in [2.75, 3.05) is 11.1 Å². The lowest BCUT2D eigenvalue weighted by molar-refractivity contribution is -0.124. The molecule has 1 aromatic carbocycles. The minimum absolute atomic E-state index is 0.0226. The first-order valence-corrected chi connectivity index (χ1v) is 13.8. The van der Waals surface area contributed by atoms with Crippen LogP contribution in [-0.2, 0) is 11.2 Å². The third-order valence-corrected chi connectivity index (χ3v) is 9.14. The number of nitrogens with one attached hydrogen (secondary N) is 2. The molecule has 6 nitrogen and oxygen atoms in total. The van der Waals surface area contributed by atoms with E-state index in [2.05, 4.69) is 34.7 Å². The molecule has 2 N–H and O–H groups in total. The number of hydrogen-bond acceptors (Lipinski definition) is 6. The molecule has 0 unspecified atom stereocenters. The van der Waals surface area contributed by atoms with Crippen molar-refractivity contribution in [2.24, 2.45) is 23.7 Å². The summed E-state index contributed by atoms with van der Waals surface area (Å²) >= 11 is 2.84. The maximum Gasteiger partial charge on any atom is 0.258 e. The van der Waals surface area contributed by atoms with Crippen molar-refractivity contribution in [3.8, 4) is 0 Å². The average Bonchev–Trinajstić information content (AvgIpc) is 3.17. The van der Waals surface area contributed by atoms with E-state index in [-0.39, 0.29) is 17.4 Å². The predicted octanol–water partition coefficient (Wildman–Crippen LogP) is 5.17. The molecule has 4 bridgehead atoms. The minimum atomic E-state index is -0.216. The van der Waals surface area contributed by atoms with Gasteiger partial charge in [-0.15, -0.1) is 22.0 Å². The van der Waals surface area contributed by atoms with E-state index in [1.54, 1.807) is 6.07 Å². The van der Waals surface area contributed by atoms with Gasteiger partial charge in [0.05, 0.1) is 11.3 Å². The number of amides is 2. The molecule has 8 heteroatoms. The fourth-order valence-corrected chi connectivity index (χ4v) is 8.22. The summed E-state index contributed by atoms with van der Waals surface area (Å²) in [6.07, 6.45) is 8.37. The van der Waals surface area contributed by atoms with E-state index in [9.17, 15) is 9.59 Å². The lowest BCUT2D eigenvalue weighted by Gasteiger charge is -2.56.